The number of esters is 1. The molecule has 53 heavy (non-hydrogen) atoms. The van der Waals surface area contributed by atoms with Crippen LogP contribution >= 0.6 is 0 Å². The number of fused-ring (bicyclic) bond motifs is 1. The van der Waals surface area contributed by atoms with E-state index < -0.39 is 59.4 Å². The number of nitrogens with zero attached hydrogens (tertiary/aromatic N) is 1. The Morgan fingerprint density at radius 3 is 2.25 bits per heavy atom. The molecule has 0 bridgehead atoms. The first-order chi connectivity index (χ1) is 25.3. The van der Waals surface area contributed by atoms with Gasteiger partial charge in [-0.3, -0.25) is 24.0 Å². The van der Waals surface area contributed by atoms with Crippen LogP contribution < -0.4 is 19.5 Å². The first-order valence-corrected chi connectivity index (χ1v) is 17.1. The molecule has 5 rings (SSSR count). The van der Waals surface area contributed by atoms with Gasteiger partial charge in [-0.05, 0) is 81.8 Å². The third kappa shape index (κ3) is 10.2. The van der Waals surface area contributed by atoms with E-state index in [-0.39, 0.29) is 32.1 Å². The zero-order valence-corrected chi connectivity index (χ0v) is 29.9. The van der Waals surface area contributed by atoms with Gasteiger partial charge in [-0.15, -0.1) is 0 Å². The minimum atomic E-state index is -1.89. The van der Waals surface area contributed by atoms with Crippen LogP contribution in [0.2, 0.25) is 0 Å². The lowest BCUT2D eigenvalue weighted by molar-refractivity contribution is -0.168. The standard InChI is InChI=1S/C40H42N2O11/c1-25(42(19-20-49-28-13-9-6-10-14-28)38(47)36(45)31(23-35(43)44)39(48)53-40(2,3)4)30(26-15-17-32-34(21-26)51-24-50-32)22-29-16-18-33(52-29)37(46)41-27-11-7-5-8-12-27/h5-18,21,25,30-31H,19-20,22-24H2,1-4H3,(H,41,46)(H,43,44)/t25-,30+,31?/m1/s1. The fourth-order valence-electron chi connectivity index (χ4n) is 5.86. The number of para-hydroxylation sites is 2. The molecule has 1 unspecified atom stereocenters. The number of carboxylic acids is 1. The molecule has 1 aliphatic rings. The Balaban J connectivity index is 1.48. The van der Waals surface area contributed by atoms with Crippen molar-refractivity contribution >= 4 is 35.2 Å². The Morgan fingerprint density at radius 2 is 1.57 bits per heavy atom. The van der Waals surface area contributed by atoms with Crippen LogP contribution in [0.25, 0.3) is 0 Å². The largest absolute Gasteiger partial charge is 0.492 e. The van der Waals surface area contributed by atoms with Crippen molar-refractivity contribution in [1.29, 1.82) is 0 Å². The van der Waals surface area contributed by atoms with Gasteiger partial charge in [0, 0.05) is 24.1 Å². The van der Waals surface area contributed by atoms with Crippen molar-refractivity contribution in [1.82, 2.24) is 4.90 Å². The van der Waals surface area contributed by atoms with Gasteiger partial charge in [0.25, 0.3) is 11.8 Å². The summed E-state index contributed by atoms with van der Waals surface area (Å²) >= 11 is 0. The molecule has 3 atom stereocenters. The third-order valence-corrected chi connectivity index (χ3v) is 8.44. The van der Waals surface area contributed by atoms with Crippen molar-refractivity contribution in [3.8, 4) is 17.2 Å². The molecule has 0 saturated heterocycles. The molecule has 13 nitrogen and oxygen atoms in total. The van der Waals surface area contributed by atoms with E-state index >= 15 is 0 Å². The predicted octanol–water partition coefficient (Wildman–Crippen LogP) is 5.88. The lowest BCUT2D eigenvalue weighted by Crippen LogP contribution is -2.50. The van der Waals surface area contributed by atoms with Crippen molar-refractivity contribution in [2.24, 2.45) is 5.92 Å². The number of Topliss-reactive ketones (excluding diaryl/α,β-unsaturated/α-hetero) is 1. The van der Waals surface area contributed by atoms with Crippen molar-refractivity contribution in [2.45, 2.75) is 58.1 Å². The molecule has 4 aromatic rings. The summed E-state index contributed by atoms with van der Waals surface area (Å²) in [4.78, 5) is 67.4. The van der Waals surface area contributed by atoms with Crippen LogP contribution in [0.15, 0.2) is 95.4 Å². The number of carboxylic acid groups (broad SMARTS) is 1. The Morgan fingerprint density at radius 1 is 0.887 bits per heavy atom. The van der Waals surface area contributed by atoms with E-state index in [0.29, 0.717) is 34.3 Å². The topological polar surface area (TPSA) is 171 Å². The Kier molecular flexibility index (Phi) is 12.2. The Labute approximate surface area is 306 Å². The molecule has 2 heterocycles. The number of rotatable bonds is 16. The second-order valence-corrected chi connectivity index (χ2v) is 13.5. The molecule has 3 aromatic carbocycles. The van der Waals surface area contributed by atoms with Gasteiger partial charge in [0.05, 0.1) is 13.0 Å². The maximum Gasteiger partial charge on any atom is 0.318 e. The van der Waals surface area contributed by atoms with E-state index in [9.17, 15) is 29.1 Å². The second kappa shape index (κ2) is 16.9. The number of amides is 2. The van der Waals surface area contributed by atoms with Gasteiger partial charge in [-0.2, -0.15) is 0 Å². The zero-order chi connectivity index (χ0) is 38.1. The molecule has 0 aliphatic carbocycles. The molecule has 13 heteroatoms. The quantitative estimate of drug-likeness (QED) is 0.0802. The highest BCUT2D eigenvalue weighted by molar-refractivity contribution is 6.40. The van der Waals surface area contributed by atoms with Gasteiger partial charge in [0.15, 0.2) is 17.3 Å². The maximum atomic E-state index is 14.3. The highest BCUT2D eigenvalue weighted by Gasteiger charge is 2.41. The molecule has 2 N–H and O–H groups in total. The number of hydrogen-bond donors (Lipinski definition) is 2. The number of anilines is 1. The van der Waals surface area contributed by atoms with Crippen molar-refractivity contribution in [2.75, 3.05) is 25.3 Å². The van der Waals surface area contributed by atoms with Gasteiger partial charge in [0.1, 0.15) is 29.6 Å². The monoisotopic (exact) mass is 726 g/mol. The minimum absolute atomic E-state index is 0.0304. The average Bonchev–Trinajstić information content (AvgIpc) is 3.80. The lowest BCUT2D eigenvalue weighted by atomic mass is 9.86. The van der Waals surface area contributed by atoms with Gasteiger partial charge in [-0.1, -0.05) is 42.5 Å². The van der Waals surface area contributed by atoms with Crippen LogP contribution in [-0.2, 0) is 30.3 Å². The minimum Gasteiger partial charge on any atom is -0.492 e. The van der Waals surface area contributed by atoms with Gasteiger partial charge in [0.2, 0.25) is 12.6 Å². The number of ether oxygens (including phenoxy) is 4. The van der Waals surface area contributed by atoms with E-state index in [1.54, 1.807) is 107 Å². The maximum absolute atomic E-state index is 14.3. The number of nitrogens with one attached hydrogen (secondary N) is 1. The van der Waals surface area contributed by atoms with E-state index in [1.165, 1.54) is 4.90 Å². The molecule has 0 radical (unpaired) electrons. The number of furan rings is 1. The van der Waals surface area contributed by atoms with Gasteiger partial charge in [-0.25, -0.2) is 0 Å². The molecule has 0 saturated carbocycles. The van der Waals surface area contributed by atoms with Crippen LogP contribution in [0.3, 0.4) is 0 Å². The van der Waals surface area contributed by atoms with Crippen LogP contribution in [0.4, 0.5) is 5.69 Å². The summed E-state index contributed by atoms with van der Waals surface area (Å²) in [5.41, 5.74) is 0.237. The fraction of sp³-hybridized carbons (Fsp3) is 0.325. The van der Waals surface area contributed by atoms with Crippen LogP contribution in [-0.4, -0.2) is 71.1 Å². The summed E-state index contributed by atoms with van der Waals surface area (Å²) < 4.78 is 28.4. The molecule has 1 aliphatic heterocycles. The smallest absolute Gasteiger partial charge is 0.318 e. The predicted molar refractivity (Wildman–Crippen MR) is 192 cm³/mol. The number of hydrogen-bond acceptors (Lipinski definition) is 10. The summed E-state index contributed by atoms with van der Waals surface area (Å²) in [6, 6.07) is 25.5. The third-order valence-electron chi connectivity index (χ3n) is 8.44. The molecular weight excluding hydrogens is 684 g/mol. The van der Waals surface area contributed by atoms with E-state index in [2.05, 4.69) is 5.32 Å². The first-order valence-electron chi connectivity index (χ1n) is 17.1. The molecule has 278 valence electrons. The molecule has 0 fully saturated rings. The molecule has 0 spiro atoms. The fourth-order valence-corrected chi connectivity index (χ4v) is 5.86. The summed E-state index contributed by atoms with van der Waals surface area (Å²) in [5, 5.41) is 12.4. The zero-order valence-electron chi connectivity index (χ0n) is 29.9. The summed E-state index contributed by atoms with van der Waals surface area (Å²) in [6.07, 6.45) is -0.782. The van der Waals surface area contributed by atoms with Gasteiger partial charge < -0.3 is 38.7 Å². The van der Waals surface area contributed by atoms with E-state index in [4.69, 9.17) is 23.4 Å². The number of ketones is 1. The van der Waals surface area contributed by atoms with Crippen LogP contribution in [0, 0.1) is 5.92 Å². The highest BCUT2D eigenvalue weighted by atomic mass is 16.7. The second-order valence-electron chi connectivity index (χ2n) is 13.5. The first kappa shape index (κ1) is 38.1. The van der Waals surface area contributed by atoms with Crippen molar-refractivity contribution in [3.63, 3.8) is 0 Å². The van der Waals surface area contributed by atoms with E-state index in [1.807, 2.05) is 12.1 Å². The van der Waals surface area contributed by atoms with Gasteiger partial charge >= 0.3 is 11.9 Å². The molecule has 2 amide bonds. The summed E-state index contributed by atoms with van der Waals surface area (Å²) in [7, 11) is 0. The average molecular weight is 727 g/mol. The number of aliphatic carboxylic acids is 1. The summed E-state index contributed by atoms with van der Waals surface area (Å²) in [6.45, 7) is 6.33. The van der Waals surface area contributed by atoms with Crippen molar-refractivity contribution < 1.29 is 52.4 Å². The van der Waals surface area contributed by atoms with E-state index in [0.717, 1.165) is 0 Å². The SMILES string of the molecule is C[C@H]([C@H](Cc1ccc(C(=O)Nc2ccccc2)o1)c1ccc2c(c1)OCO2)N(CCOc1ccccc1)C(=O)C(=O)C(CC(=O)O)C(=O)OC(C)(C)C. The normalized spacial score (nSPS) is 13.7. The molecular formula is C40H42N2O11. The Hall–Kier alpha value is -6.11. The lowest BCUT2D eigenvalue weighted by Gasteiger charge is -2.35. The molecule has 1 aromatic heterocycles. The summed E-state index contributed by atoms with van der Waals surface area (Å²) in [5.74, 6) is -5.78. The number of benzene rings is 3. The Bertz CT molecular complexity index is 1920. The van der Waals surface area contributed by atoms with Crippen LogP contribution in [0.5, 0.6) is 17.2 Å². The highest BCUT2D eigenvalue weighted by Crippen LogP contribution is 2.38. The number of carbonyl (C=O) groups excluding carboxylic acids is 4. The van der Waals surface area contributed by atoms with Crippen molar-refractivity contribution in [3.05, 3.63) is 108 Å². The number of carbonyl (C=O) groups is 5. The van der Waals surface area contributed by atoms with Crippen LogP contribution in [0.1, 0.15) is 61.9 Å².